The minimum absolute atomic E-state index is 0.116. The molecule has 26 rings (SSSR count). The summed E-state index contributed by atoms with van der Waals surface area (Å²) in [4.78, 5) is 10.7. The Bertz CT molecular complexity index is 8310. The van der Waals surface area contributed by atoms with Gasteiger partial charge in [-0.25, -0.2) is 0 Å². The fourth-order valence-corrected chi connectivity index (χ4v) is 25.0. The number of rotatable bonds is 9. The third-order valence-corrected chi connectivity index (χ3v) is 31.9. The van der Waals surface area contributed by atoms with Crippen molar-refractivity contribution in [1.82, 2.24) is 4.57 Å². The first-order chi connectivity index (χ1) is 66.5. The molecule has 0 unspecified atom stereocenters. The number of anilines is 12. The van der Waals surface area contributed by atoms with Crippen molar-refractivity contribution >= 4 is 147 Å². The first-order valence-corrected chi connectivity index (χ1v) is 48.9. The molecule has 0 amide bonds. The van der Waals surface area contributed by atoms with Crippen LogP contribution in [-0.4, -0.2) is 18.0 Å². The summed E-state index contributed by atoms with van der Waals surface area (Å²) in [6, 6.07) is 149. The largest absolute Gasteiger partial charge is 0.311 e. The Morgan fingerprint density at radius 2 is 0.650 bits per heavy atom. The van der Waals surface area contributed by atoms with Crippen LogP contribution in [0.25, 0.3) is 105 Å². The number of benzene rings is 19. The van der Waals surface area contributed by atoms with Crippen LogP contribution in [0.15, 0.2) is 382 Å². The molecule has 0 saturated heterocycles. The average Bonchev–Trinajstić information content (AvgIpc) is 1.32. The van der Waals surface area contributed by atoms with Crippen molar-refractivity contribution in [3.8, 4) is 72.4 Å². The van der Waals surface area contributed by atoms with E-state index in [9.17, 15) is 0 Å². The van der Waals surface area contributed by atoms with Crippen LogP contribution in [0.5, 0.6) is 0 Å². The molecule has 6 aliphatic rings. The topological polar surface area (TPSA) is 17.9 Å². The van der Waals surface area contributed by atoms with E-state index in [1.54, 1.807) is 0 Å². The SMILES string of the molecule is Cc1c(C)c(C)c(-c2ccc(N3c4cc5c(cc4B4c6ccccc6N(c6c(-c7ccccc7)cc(C(C)(C)C)cc6-c6ccccc6)c6cc(-n7c8ccc(C(C)(C)C)cc8c8cc(C(C)(C)C)ccc87)cc3c64)B3c4ccccc4N(c4ccccc4)c4c3c(cc3cc(-c6cccc7c6C6(c8ccccc8-c8ccccc86)c6ccccc6-7)ccc43)N5c3ccccc3)cc2)c(C)c1C. The lowest BCUT2D eigenvalue weighted by molar-refractivity contribution is 0.590. The van der Waals surface area contributed by atoms with Gasteiger partial charge in [-0.2, -0.15) is 0 Å². The molecule has 4 aliphatic heterocycles. The molecular formula is C130H105B2N5. The third kappa shape index (κ3) is 12.0. The second kappa shape index (κ2) is 30.0. The van der Waals surface area contributed by atoms with Crippen molar-refractivity contribution in [2.75, 3.05) is 19.6 Å². The van der Waals surface area contributed by atoms with Crippen molar-refractivity contribution < 1.29 is 0 Å². The van der Waals surface area contributed by atoms with Gasteiger partial charge in [-0.05, 0) is 327 Å². The first-order valence-electron chi connectivity index (χ1n) is 48.9. The van der Waals surface area contributed by atoms with Crippen LogP contribution >= 0.6 is 0 Å². The molecule has 19 aromatic carbocycles. The third-order valence-electron chi connectivity index (χ3n) is 31.9. The lowest BCUT2D eigenvalue weighted by Crippen LogP contribution is -2.65. The smallest absolute Gasteiger partial charge is 0.252 e. The van der Waals surface area contributed by atoms with E-state index in [1.165, 1.54) is 177 Å². The highest BCUT2D eigenvalue weighted by Crippen LogP contribution is 2.66. The quantitative estimate of drug-likeness (QED) is 0.134. The van der Waals surface area contributed by atoms with Crippen LogP contribution in [0.1, 0.15) is 129 Å². The highest BCUT2D eigenvalue weighted by atomic mass is 15.2. The lowest BCUT2D eigenvalue weighted by Gasteiger charge is -2.48. The molecule has 0 saturated carbocycles. The minimum Gasteiger partial charge on any atom is -0.311 e. The summed E-state index contributed by atoms with van der Waals surface area (Å²) in [6.07, 6.45) is 0. The fourth-order valence-electron chi connectivity index (χ4n) is 25.0. The number of nitrogens with zero attached hydrogens (tertiary/aromatic N) is 5. The van der Waals surface area contributed by atoms with Gasteiger partial charge in [0.25, 0.3) is 13.4 Å². The van der Waals surface area contributed by atoms with Gasteiger partial charge >= 0.3 is 0 Å². The molecule has 137 heavy (non-hydrogen) atoms. The van der Waals surface area contributed by atoms with E-state index >= 15 is 0 Å². The van der Waals surface area contributed by atoms with E-state index in [0.29, 0.717) is 0 Å². The standard InChI is InChI=1S/C130H105B2N5/c1-78-79(2)81(4)121(82(5)80(78)3)85-58-63-93(64-59-85)134-116-77-117-111(132-108-54-33-35-56-114(108)136(92-44-25-18-26-45-92)126-96-65-60-86(68-87(96)69-118(124(126)132)133(117)91-42-23-17-24-43-91)95-49-37-50-100-99-48-29-32-53-107(99)130(122(95)100)105-51-30-27-46-97(105)98-47-28-31-52-106(98)130)76-110(116)131-109-55-34-36-57-115(109)137(125-101(83-38-19-15-20-39-83)72-90(129(12,13)14)73-102(125)84-40-21-16-22-41-84)120-75-94(74-119(134)123(120)131)135-112-66-61-88(127(6,7)8)70-103(112)104-71-89(128(9,10)11)62-67-113(104)135/h15-77H,1-14H3. The minimum atomic E-state index is -0.565. The summed E-state index contributed by atoms with van der Waals surface area (Å²) >= 11 is 0. The van der Waals surface area contributed by atoms with Crippen LogP contribution < -0.4 is 52.4 Å². The summed E-state index contributed by atoms with van der Waals surface area (Å²) in [6.45, 7) is 32.2. The maximum absolute atomic E-state index is 2.73. The van der Waals surface area contributed by atoms with Gasteiger partial charge in [0.1, 0.15) is 0 Å². The van der Waals surface area contributed by atoms with Crippen molar-refractivity contribution in [3.63, 3.8) is 0 Å². The van der Waals surface area contributed by atoms with Crippen molar-refractivity contribution in [3.05, 3.63) is 449 Å². The number of hydrogen-bond donors (Lipinski definition) is 0. The molecule has 1 spiro atoms. The second-order valence-electron chi connectivity index (χ2n) is 42.3. The summed E-state index contributed by atoms with van der Waals surface area (Å²) in [5, 5.41) is 4.83. The molecule has 0 atom stereocenters. The molecular weight excluding hydrogens is 1650 g/mol. The van der Waals surface area contributed by atoms with Crippen LogP contribution in [-0.2, 0) is 21.7 Å². The van der Waals surface area contributed by atoms with Gasteiger partial charge in [0.15, 0.2) is 0 Å². The number of hydrogen-bond acceptors (Lipinski definition) is 4. The van der Waals surface area contributed by atoms with Gasteiger partial charge in [-0.15, -0.1) is 0 Å². The molecule has 20 aromatic rings. The Kier molecular flexibility index (Phi) is 18.0. The highest BCUT2D eigenvalue weighted by Gasteiger charge is 2.54. The molecule has 2 aliphatic carbocycles. The number of fused-ring (bicyclic) bond motifs is 23. The monoisotopic (exact) mass is 1760 g/mol. The van der Waals surface area contributed by atoms with E-state index in [-0.39, 0.29) is 29.7 Å². The number of aromatic nitrogens is 1. The predicted molar refractivity (Wildman–Crippen MR) is 584 cm³/mol. The zero-order valence-corrected chi connectivity index (χ0v) is 80.3. The molecule has 0 bridgehead atoms. The Morgan fingerprint density at radius 1 is 0.234 bits per heavy atom. The van der Waals surface area contributed by atoms with Gasteiger partial charge in [0.05, 0.1) is 33.5 Å². The summed E-state index contributed by atoms with van der Waals surface area (Å²) < 4.78 is 2.62. The van der Waals surface area contributed by atoms with E-state index in [1.807, 2.05) is 0 Å². The maximum atomic E-state index is 2.73. The Hall–Kier alpha value is -15.4. The van der Waals surface area contributed by atoms with E-state index in [2.05, 4.69) is 503 Å². The zero-order chi connectivity index (χ0) is 92.9. The molecule has 0 N–H and O–H groups in total. The number of para-hydroxylation sites is 4. The second-order valence-corrected chi connectivity index (χ2v) is 42.3. The lowest BCUT2D eigenvalue weighted by atomic mass is 9.30. The summed E-state index contributed by atoms with van der Waals surface area (Å²) in [7, 11) is 0. The van der Waals surface area contributed by atoms with Crippen molar-refractivity contribution in [2.45, 2.75) is 119 Å². The van der Waals surface area contributed by atoms with Crippen molar-refractivity contribution in [1.29, 1.82) is 0 Å². The predicted octanol–water partition coefficient (Wildman–Crippen LogP) is 30.5. The first kappa shape index (κ1) is 82.3. The van der Waals surface area contributed by atoms with Gasteiger partial charge < -0.3 is 24.2 Å². The summed E-state index contributed by atoms with van der Waals surface area (Å²) in [5.74, 6) is 0. The maximum Gasteiger partial charge on any atom is 0.252 e. The Labute approximate surface area is 805 Å². The molecule has 656 valence electrons. The molecule has 5 nitrogen and oxygen atoms in total. The van der Waals surface area contributed by atoms with Crippen LogP contribution in [0, 0.1) is 34.6 Å². The Morgan fingerprint density at radius 3 is 1.18 bits per heavy atom. The summed E-state index contributed by atoms with van der Waals surface area (Å²) in [5.41, 5.74) is 53.9. The molecule has 5 heterocycles. The molecule has 0 fully saturated rings. The van der Waals surface area contributed by atoms with Gasteiger partial charge in [-0.3, -0.25) is 0 Å². The van der Waals surface area contributed by atoms with Crippen LogP contribution in [0.3, 0.4) is 0 Å². The molecule has 1 aromatic heterocycles. The Balaban J connectivity index is 0.793. The van der Waals surface area contributed by atoms with Crippen LogP contribution in [0.2, 0.25) is 0 Å². The van der Waals surface area contributed by atoms with Gasteiger partial charge in [-0.1, -0.05) is 329 Å². The van der Waals surface area contributed by atoms with E-state index in [0.717, 1.165) is 95.8 Å². The van der Waals surface area contributed by atoms with Gasteiger partial charge in [0, 0.05) is 84.2 Å². The van der Waals surface area contributed by atoms with E-state index < -0.39 is 5.41 Å². The zero-order valence-electron chi connectivity index (χ0n) is 80.3. The average molecular weight is 1760 g/mol. The highest BCUT2D eigenvalue weighted by molar-refractivity contribution is 7.03. The van der Waals surface area contributed by atoms with E-state index in [4.69, 9.17) is 0 Å². The fraction of sp³-hybridized carbons (Fsp3) is 0.138. The van der Waals surface area contributed by atoms with Crippen LogP contribution in [0.4, 0.5) is 68.2 Å². The van der Waals surface area contributed by atoms with Crippen molar-refractivity contribution in [2.24, 2.45) is 0 Å². The molecule has 7 heteroatoms. The normalized spacial score (nSPS) is 13.9. The molecule has 0 radical (unpaired) electrons. The van der Waals surface area contributed by atoms with Gasteiger partial charge in [0.2, 0.25) is 0 Å².